The fourth-order valence-electron chi connectivity index (χ4n) is 3.56. The number of hydrogen-bond donors (Lipinski definition) is 2. The van der Waals surface area contributed by atoms with E-state index in [-0.39, 0.29) is 29.3 Å². The number of aliphatic hydroxyl groups excluding tert-OH is 1. The normalized spacial score (nSPS) is 26.2. The fourth-order valence-corrected chi connectivity index (χ4v) is 5.16. The van der Waals surface area contributed by atoms with Crippen LogP contribution in [0.15, 0.2) is 30.3 Å². The van der Waals surface area contributed by atoms with Crippen LogP contribution in [0.25, 0.3) is 0 Å². The molecule has 136 valence electrons. The summed E-state index contributed by atoms with van der Waals surface area (Å²) in [5.74, 6) is 0.549. The molecule has 1 unspecified atom stereocenters. The maximum absolute atomic E-state index is 12.4. The van der Waals surface area contributed by atoms with Crippen LogP contribution in [-0.2, 0) is 16.1 Å². The Bertz CT molecular complexity index is 612. The van der Waals surface area contributed by atoms with Crippen molar-refractivity contribution in [3.8, 4) is 0 Å². The van der Waals surface area contributed by atoms with E-state index in [1.165, 1.54) is 7.11 Å². The van der Waals surface area contributed by atoms with Crippen LogP contribution in [-0.4, -0.2) is 58.3 Å². The van der Waals surface area contributed by atoms with Crippen LogP contribution in [0, 0.1) is 0 Å². The molecule has 3 rings (SSSR count). The Morgan fingerprint density at radius 3 is 2.92 bits per heavy atom. The zero-order chi connectivity index (χ0) is 17.8. The third-order valence-corrected chi connectivity index (χ3v) is 6.36. The highest BCUT2D eigenvalue weighted by molar-refractivity contribution is 8.00. The molecule has 0 saturated carbocycles. The number of esters is 1. The molecular formula is C18H24N2O4S. The number of fused-ring (bicyclic) bond motifs is 1. The first kappa shape index (κ1) is 18.1. The van der Waals surface area contributed by atoms with Gasteiger partial charge in [0, 0.05) is 18.7 Å². The molecule has 4 atom stereocenters. The highest BCUT2D eigenvalue weighted by Gasteiger charge is 2.50. The molecule has 2 N–H and O–H groups in total. The van der Waals surface area contributed by atoms with Crippen molar-refractivity contribution in [3.63, 3.8) is 0 Å². The van der Waals surface area contributed by atoms with Gasteiger partial charge in [-0.2, -0.15) is 11.8 Å². The van der Waals surface area contributed by atoms with Gasteiger partial charge < -0.3 is 20.1 Å². The lowest BCUT2D eigenvalue weighted by Crippen LogP contribution is -2.45. The van der Waals surface area contributed by atoms with Crippen molar-refractivity contribution in [2.45, 2.75) is 49.2 Å². The topological polar surface area (TPSA) is 78.9 Å². The highest BCUT2D eigenvalue weighted by atomic mass is 32.2. The van der Waals surface area contributed by atoms with Gasteiger partial charge >= 0.3 is 12.0 Å². The predicted octanol–water partition coefficient (Wildman–Crippen LogP) is 1.77. The van der Waals surface area contributed by atoms with E-state index >= 15 is 0 Å². The Balaban J connectivity index is 1.63. The van der Waals surface area contributed by atoms with E-state index in [4.69, 9.17) is 0 Å². The van der Waals surface area contributed by atoms with Gasteiger partial charge in [-0.3, -0.25) is 4.79 Å². The Hall–Kier alpha value is -1.73. The molecule has 1 aromatic carbocycles. The number of nitrogens with zero attached hydrogens (tertiary/aromatic N) is 1. The van der Waals surface area contributed by atoms with E-state index in [1.807, 2.05) is 35.2 Å². The van der Waals surface area contributed by atoms with E-state index in [1.54, 1.807) is 11.8 Å². The van der Waals surface area contributed by atoms with Crippen molar-refractivity contribution >= 4 is 23.8 Å². The second-order valence-electron chi connectivity index (χ2n) is 6.49. The van der Waals surface area contributed by atoms with Crippen LogP contribution in [0.4, 0.5) is 4.79 Å². The maximum Gasteiger partial charge on any atom is 0.318 e. The van der Waals surface area contributed by atoms with E-state index in [0.29, 0.717) is 25.8 Å². The number of carbonyl (C=O) groups is 2. The summed E-state index contributed by atoms with van der Waals surface area (Å²) in [6, 6.07) is 9.87. The smallest absolute Gasteiger partial charge is 0.318 e. The summed E-state index contributed by atoms with van der Waals surface area (Å²) in [6.45, 7) is 0.541. The molecule has 0 spiro atoms. The van der Waals surface area contributed by atoms with E-state index in [9.17, 15) is 14.7 Å². The molecule has 0 bridgehead atoms. The minimum absolute atomic E-state index is 0.0224. The summed E-state index contributed by atoms with van der Waals surface area (Å²) in [7, 11) is 1.37. The van der Waals surface area contributed by atoms with Crippen molar-refractivity contribution in [3.05, 3.63) is 35.9 Å². The third kappa shape index (κ3) is 4.10. The first-order valence-corrected chi connectivity index (χ1v) is 9.62. The van der Waals surface area contributed by atoms with Gasteiger partial charge in [0.2, 0.25) is 0 Å². The molecular weight excluding hydrogens is 340 g/mol. The van der Waals surface area contributed by atoms with Crippen LogP contribution >= 0.6 is 11.8 Å². The summed E-state index contributed by atoms with van der Waals surface area (Å²) in [4.78, 5) is 25.4. The van der Waals surface area contributed by atoms with Crippen LogP contribution in [0.3, 0.4) is 0 Å². The summed E-state index contributed by atoms with van der Waals surface area (Å²) in [6.07, 6.45) is 0.881. The summed E-state index contributed by atoms with van der Waals surface area (Å²) in [5, 5.41) is 13.6. The van der Waals surface area contributed by atoms with E-state index in [0.717, 1.165) is 11.3 Å². The Kier molecular flexibility index (Phi) is 5.86. The van der Waals surface area contributed by atoms with Gasteiger partial charge in [-0.1, -0.05) is 30.3 Å². The number of methoxy groups -OCH3 is 1. The van der Waals surface area contributed by atoms with Crippen molar-refractivity contribution in [1.29, 1.82) is 0 Å². The van der Waals surface area contributed by atoms with Crippen LogP contribution in [0.2, 0.25) is 0 Å². The monoisotopic (exact) mass is 364 g/mol. The van der Waals surface area contributed by atoms with Crippen molar-refractivity contribution in [2.24, 2.45) is 0 Å². The number of ether oxygens (including phenoxy) is 1. The third-order valence-electron chi connectivity index (χ3n) is 4.83. The lowest BCUT2D eigenvalue weighted by molar-refractivity contribution is -0.140. The number of amides is 2. The van der Waals surface area contributed by atoms with E-state index < -0.39 is 6.10 Å². The lowest BCUT2D eigenvalue weighted by Gasteiger charge is -2.30. The summed E-state index contributed by atoms with van der Waals surface area (Å²) < 4.78 is 4.64. The Morgan fingerprint density at radius 1 is 1.44 bits per heavy atom. The molecule has 2 amide bonds. The molecule has 2 fully saturated rings. The van der Waals surface area contributed by atoms with Crippen molar-refractivity contribution < 1.29 is 19.4 Å². The van der Waals surface area contributed by atoms with Crippen LogP contribution in [0.1, 0.15) is 24.8 Å². The molecule has 0 aliphatic carbocycles. The van der Waals surface area contributed by atoms with Gasteiger partial charge in [0.25, 0.3) is 0 Å². The number of carbonyl (C=O) groups excluding carboxylic acids is 2. The zero-order valence-corrected chi connectivity index (χ0v) is 15.1. The Morgan fingerprint density at radius 2 is 2.20 bits per heavy atom. The summed E-state index contributed by atoms with van der Waals surface area (Å²) in [5.41, 5.74) is 1.08. The molecule has 25 heavy (non-hydrogen) atoms. The Labute approximate surface area is 151 Å². The summed E-state index contributed by atoms with van der Waals surface area (Å²) >= 11 is 1.70. The molecule has 1 aromatic rings. The first-order chi connectivity index (χ1) is 12.1. The van der Waals surface area contributed by atoms with Gasteiger partial charge in [-0.25, -0.2) is 4.79 Å². The highest BCUT2D eigenvalue weighted by Crippen LogP contribution is 2.38. The number of hydrogen-bond acceptors (Lipinski definition) is 5. The fraction of sp³-hybridized carbons (Fsp3) is 0.556. The molecule has 0 aromatic heterocycles. The number of benzene rings is 1. The SMILES string of the molecule is COC(=O)CCCC(O)[C@@H]1SC[C@@H]2NC(=O)N(Cc3ccccc3)[C@@H]21. The molecule has 2 heterocycles. The van der Waals surface area contributed by atoms with Crippen LogP contribution in [0.5, 0.6) is 0 Å². The van der Waals surface area contributed by atoms with Gasteiger partial charge in [0.1, 0.15) is 0 Å². The van der Waals surface area contributed by atoms with Gasteiger partial charge in [0.15, 0.2) is 0 Å². The minimum Gasteiger partial charge on any atom is -0.469 e. The molecule has 2 aliphatic rings. The number of aliphatic hydroxyl groups is 1. The number of nitrogens with one attached hydrogen (secondary N) is 1. The number of urea groups is 1. The van der Waals surface area contributed by atoms with Gasteiger partial charge in [0.05, 0.1) is 30.5 Å². The van der Waals surface area contributed by atoms with E-state index in [2.05, 4.69) is 10.1 Å². The van der Waals surface area contributed by atoms with Crippen LogP contribution < -0.4 is 5.32 Å². The minimum atomic E-state index is -0.546. The number of rotatable bonds is 7. The van der Waals surface area contributed by atoms with Crippen molar-refractivity contribution in [2.75, 3.05) is 12.9 Å². The van der Waals surface area contributed by atoms with Gasteiger partial charge in [-0.15, -0.1) is 0 Å². The molecule has 0 radical (unpaired) electrons. The second kappa shape index (κ2) is 8.10. The zero-order valence-electron chi connectivity index (χ0n) is 14.3. The average molecular weight is 364 g/mol. The molecule has 2 aliphatic heterocycles. The largest absolute Gasteiger partial charge is 0.469 e. The van der Waals surface area contributed by atoms with Gasteiger partial charge in [-0.05, 0) is 18.4 Å². The quantitative estimate of drug-likeness (QED) is 0.569. The maximum atomic E-state index is 12.4. The number of thioether (sulfide) groups is 1. The first-order valence-electron chi connectivity index (χ1n) is 8.57. The lowest BCUT2D eigenvalue weighted by atomic mass is 9.99. The standard InChI is InChI=1S/C18H24N2O4S/c1-24-15(22)9-5-8-14(21)17-16-13(11-25-17)19-18(23)20(16)10-12-6-3-2-4-7-12/h2-4,6-7,13-14,16-17,21H,5,8-11H2,1H3,(H,19,23)/t13-,14?,16-,17-/m0/s1. The second-order valence-corrected chi connectivity index (χ2v) is 7.70. The average Bonchev–Trinajstić information content (AvgIpc) is 3.15. The molecule has 6 nitrogen and oxygen atoms in total. The predicted molar refractivity (Wildman–Crippen MR) is 96.2 cm³/mol. The molecule has 2 saturated heterocycles. The van der Waals surface area contributed by atoms with Crippen molar-refractivity contribution in [1.82, 2.24) is 10.2 Å². The molecule has 7 heteroatoms.